The molecule has 0 bridgehead atoms. The molecule has 8 heteroatoms. The molecule has 1 fully saturated rings. The van der Waals surface area contributed by atoms with E-state index in [1.54, 1.807) is 12.1 Å². The number of hydrogen-bond acceptors (Lipinski definition) is 6. The maximum atomic E-state index is 12.4. The van der Waals surface area contributed by atoms with Crippen molar-refractivity contribution >= 4 is 17.6 Å². The van der Waals surface area contributed by atoms with Gasteiger partial charge in [0.15, 0.2) is 5.76 Å². The van der Waals surface area contributed by atoms with Crippen molar-refractivity contribution in [3.05, 3.63) is 41.4 Å². The van der Waals surface area contributed by atoms with Crippen molar-refractivity contribution in [3.8, 4) is 0 Å². The molecule has 1 saturated heterocycles. The summed E-state index contributed by atoms with van der Waals surface area (Å²) in [6, 6.07) is 5.12. The fourth-order valence-corrected chi connectivity index (χ4v) is 3.38. The molecule has 0 radical (unpaired) electrons. The Kier molecular flexibility index (Phi) is 6.28. The van der Waals surface area contributed by atoms with Gasteiger partial charge in [-0.15, -0.1) is 0 Å². The van der Waals surface area contributed by atoms with Gasteiger partial charge in [-0.3, -0.25) is 9.59 Å². The van der Waals surface area contributed by atoms with Crippen LogP contribution >= 0.6 is 0 Å². The number of nitrogens with zero attached hydrogens (tertiary/aromatic N) is 3. The van der Waals surface area contributed by atoms with Crippen molar-refractivity contribution in [2.24, 2.45) is 5.92 Å². The Labute approximate surface area is 164 Å². The number of pyridine rings is 1. The van der Waals surface area contributed by atoms with Gasteiger partial charge in [-0.1, -0.05) is 32.3 Å². The summed E-state index contributed by atoms with van der Waals surface area (Å²) in [5.41, 5.74) is 1.35. The molecule has 2 N–H and O–H groups in total. The number of aryl methyl sites for hydroxylation is 1. The first kappa shape index (κ1) is 19.9. The second kappa shape index (κ2) is 8.86. The van der Waals surface area contributed by atoms with Crippen LogP contribution in [0, 0.1) is 5.92 Å². The Balaban J connectivity index is 1.62. The first-order valence-electron chi connectivity index (χ1n) is 9.72. The lowest BCUT2D eigenvalue weighted by Crippen LogP contribution is -2.57. The monoisotopic (exact) mass is 385 g/mol. The quantitative estimate of drug-likeness (QED) is 0.755. The first-order valence-corrected chi connectivity index (χ1v) is 9.72. The average Bonchev–Trinajstić information content (AvgIpc) is 3.13. The predicted octanol–water partition coefficient (Wildman–Crippen LogP) is 1.91. The maximum Gasteiger partial charge on any atom is 0.253 e. The van der Waals surface area contributed by atoms with E-state index in [1.807, 2.05) is 24.8 Å². The molecular formula is C20H27N5O3. The topological polar surface area (TPSA) is 100 Å². The van der Waals surface area contributed by atoms with Crippen LogP contribution in [-0.2, 0) is 17.8 Å². The van der Waals surface area contributed by atoms with Crippen LogP contribution in [0.15, 0.2) is 28.9 Å². The van der Waals surface area contributed by atoms with Gasteiger partial charge in [-0.25, -0.2) is 4.98 Å². The van der Waals surface area contributed by atoms with E-state index >= 15 is 0 Å². The molecular weight excluding hydrogens is 358 g/mol. The largest absolute Gasteiger partial charge is 0.359 e. The van der Waals surface area contributed by atoms with Gasteiger partial charge in [-0.2, -0.15) is 0 Å². The summed E-state index contributed by atoms with van der Waals surface area (Å²) in [6.07, 6.45) is 3.39. The molecule has 0 saturated carbocycles. The van der Waals surface area contributed by atoms with Crippen molar-refractivity contribution in [2.75, 3.05) is 18.0 Å². The second-order valence-electron chi connectivity index (χ2n) is 7.30. The van der Waals surface area contributed by atoms with E-state index < -0.39 is 0 Å². The standard InChI is InChI=1S/C20H27N5O3/c1-4-5-15-10-16(28-24-15)12-23-19(26)14-6-7-17(22-11-14)25-9-8-21-20(27)18(25)13(2)3/h6-7,10-11,13,18H,4-5,8-9,12H2,1-3H3,(H,21,27)(H,23,26). The zero-order chi connectivity index (χ0) is 20.1. The summed E-state index contributed by atoms with van der Waals surface area (Å²) in [5, 5.41) is 9.68. The van der Waals surface area contributed by atoms with Crippen LogP contribution in [0.5, 0.6) is 0 Å². The van der Waals surface area contributed by atoms with Crippen LogP contribution < -0.4 is 15.5 Å². The third kappa shape index (κ3) is 4.49. The van der Waals surface area contributed by atoms with E-state index in [0.29, 0.717) is 30.2 Å². The van der Waals surface area contributed by atoms with E-state index in [4.69, 9.17) is 4.52 Å². The van der Waals surface area contributed by atoms with Crippen LogP contribution in [-0.4, -0.2) is 41.1 Å². The van der Waals surface area contributed by atoms with Crippen molar-refractivity contribution in [1.29, 1.82) is 0 Å². The lowest BCUT2D eigenvalue weighted by molar-refractivity contribution is -0.124. The third-order valence-electron chi connectivity index (χ3n) is 4.73. The number of amides is 2. The third-order valence-corrected chi connectivity index (χ3v) is 4.73. The highest BCUT2D eigenvalue weighted by atomic mass is 16.5. The molecule has 2 amide bonds. The van der Waals surface area contributed by atoms with E-state index in [9.17, 15) is 9.59 Å². The second-order valence-corrected chi connectivity index (χ2v) is 7.30. The molecule has 3 rings (SSSR count). The zero-order valence-electron chi connectivity index (χ0n) is 16.6. The number of nitrogens with one attached hydrogen (secondary N) is 2. The first-order chi connectivity index (χ1) is 13.5. The molecule has 150 valence electrons. The number of anilines is 1. The van der Waals surface area contributed by atoms with Crippen LogP contribution in [0.3, 0.4) is 0 Å². The summed E-state index contributed by atoms with van der Waals surface area (Å²) in [7, 11) is 0. The predicted molar refractivity (Wildman–Crippen MR) is 105 cm³/mol. The van der Waals surface area contributed by atoms with Gasteiger partial charge in [0.2, 0.25) is 5.91 Å². The summed E-state index contributed by atoms with van der Waals surface area (Å²) in [4.78, 5) is 31.0. The number of piperazine rings is 1. The number of rotatable bonds is 7. The molecule has 28 heavy (non-hydrogen) atoms. The van der Waals surface area contributed by atoms with Crippen LogP contribution in [0.4, 0.5) is 5.82 Å². The van der Waals surface area contributed by atoms with E-state index in [2.05, 4.69) is 27.7 Å². The number of aromatic nitrogens is 2. The van der Waals surface area contributed by atoms with Gasteiger partial charge in [0, 0.05) is 25.4 Å². The van der Waals surface area contributed by atoms with Crippen molar-refractivity contribution in [3.63, 3.8) is 0 Å². The lowest BCUT2D eigenvalue weighted by atomic mass is 9.99. The fraction of sp³-hybridized carbons (Fsp3) is 0.500. The Bertz CT molecular complexity index is 816. The molecule has 0 aromatic carbocycles. The highest BCUT2D eigenvalue weighted by Crippen LogP contribution is 2.21. The molecule has 3 heterocycles. The van der Waals surface area contributed by atoms with Crippen LogP contribution in [0.2, 0.25) is 0 Å². The fourth-order valence-electron chi connectivity index (χ4n) is 3.38. The van der Waals surface area contributed by atoms with Gasteiger partial charge >= 0.3 is 0 Å². The molecule has 1 atom stereocenters. The Hall–Kier alpha value is -2.90. The molecule has 1 aliphatic rings. The SMILES string of the molecule is CCCc1cc(CNC(=O)c2ccc(N3CCNC(=O)C3C(C)C)nc2)on1. The van der Waals surface area contributed by atoms with Crippen molar-refractivity contribution in [1.82, 2.24) is 20.8 Å². The van der Waals surface area contributed by atoms with E-state index in [0.717, 1.165) is 18.5 Å². The highest BCUT2D eigenvalue weighted by Gasteiger charge is 2.32. The Morgan fingerprint density at radius 1 is 1.43 bits per heavy atom. The van der Waals surface area contributed by atoms with Crippen LogP contribution in [0.25, 0.3) is 0 Å². The van der Waals surface area contributed by atoms with Gasteiger partial charge in [0.1, 0.15) is 11.9 Å². The minimum absolute atomic E-state index is 0.0133. The van der Waals surface area contributed by atoms with E-state index in [1.165, 1.54) is 6.20 Å². The highest BCUT2D eigenvalue weighted by molar-refractivity contribution is 5.94. The van der Waals surface area contributed by atoms with Gasteiger partial charge < -0.3 is 20.1 Å². The zero-order valence-corrected chi connectivity index (χ0v) is 16.6. The van der Waals surface area contributed by atoms with Gasteiger partial charge in [0.25, 0.3) is 5.91 Å². The summed E-state index contributed by atoms with van der Waals surface area (Å²) < 4.78 is 5.22. The van der Waals surface area contributed by atoms with Gasteiger partial charge in [-0.05, 0) is 24.5 Å². The van der Waals surface area contributed by atoms with Crippen molar-refractivity contribution < 1.29 is 14.1 Å². The Morgan fingerprint density at radius 3 is 2.93 bits per heavy atom. The molecule has 8 nitrogen and oxygen atoms in total. The minimum Gasteiger partial charge on any atom is -0.359 e. The molecule has 0 spiro atoms. The van der Waals surface area contributed by atoms with E-state index in [-0.39, 0.29) is 30.3 Å². The Morgan fingerprint density at radius 2 is 2.25 bits per heavy atom. The molecule has 2 aromatic rings. The van der Waals surface area contributed by atoms with Crippen molar-refractivity contribution in [2.45, 2.75) is 46.2 Å². The number of carbonyl (C=O) groups excluding carboxylic acids is 2. The summed E-state index contributed by atoms with van der Waals surface area (Å²) in [5.74, 6) is 1.26. The van der Waals surface area contributed by atoms with Crippen LogP contribution in [0.1, 0.15) is 49.0 Å². The molecule has 2 aromatic heterocycles. The summed E-state index contributed by atoms with van der Waals surface area (Å²) in [6.45, 7) is 7.66. The minimum atomic E-state index is -0.260. The number of carbonyl (C=O) groups is 2. The normalized spacial score (nSPS) is 16.9. The average molecular weight is 385 g/mol. The smallest absolute Gasteiger partial charge is 0.253 e. The maximum absolute atomic E-state index is 12.4. The lowest BCUT2D eigenvalue weighted by Gasteiger charge is -2.38. The van der Waals surface area contributed by atoms with Gasteiger partial charge in [0.05, 0.1) is 17.8 Å². The molecule has 0 aliphatic carbocycles. The summed E-state index contributed by atoms with van der Waals surface area (Å²) >= 11 is 0. The molecule has 1 unspecified atom stereocenters. The number of hydrogen-bond donors (Lipinski definition) is 2. The molecule has 1 aliphatic heterocycles.